The lowest BCUT2D eigenvalue weighted by Crippen LogP contribution is -2.43. The molecule has 0 saturated carbocycles. The summed E-state index contributed by atoms with van der Waals surface area (Å²) in [6.07, 6.45) is 0. The highest BCUT2D eigenvalue weighted by molar-refractivity contribution is 5.74. The molecular weight excluding hydrogens is 256 g/mol. The van der Waals surface area contributed by atoms with E-state index in [1.165, 1.54) is 0 Å². The molecule has 3 N–H and O–H groups in total. The molecule has 1 aromatic carbocycles. The average Bonchev–Trinajstić information content (AvgIpc) is 2.45. The van der Waals surface area contributed by atoms with E-state index in [1.807, 2.05) is 45.0 Å². The normalized spacial score (nSPS) is 13.4. The highest BCUT2D eigenvalue weighted by atomic mass is 16.5. The Kier molecular flexibility index (Phi) is 6.87. The van der Waals surface area contributed by atoms with Gasteiger partial charge in [-0.05, 0) is 37.5 Å². The molecule has 1 rings (SSSR count). The van der Waals surface area contributed by atoms with Crippen LogP contribution in [0.1, 0.15) is 26.3 Å². The number of aliphatic hydroxyl groups excluding tert-OH is 1. The molecule has 0 saturated heterocycles. The van der Waals surface area contributed by atoms with E-state index in [0.717, 1.165) is 11.3 Å². The molecule has 0 aliphatic carbocycles. The molecule has 0 fully saturated rings. The number of benzene rings is 1. The van der Waals surface area contributed by atoms with Crippen LogP contribution in [0.2, 0.25) is 0 Å². The second-order valence-electron chi connectivity index (χ2n) is 4.86. The molecule has 2 unspecified atom stereocenters. The molecule has 0 aliphatic rings. The molecule has 0 heterocycles. The van der Waals surface area contributed by atoms with Gasteiger partial charge in [-0.25, -0.2) is 4.79 Å². The summed E-state index contributed by atoms with van der Waals surface area (Å²) in [5, 5.41) is 14.6. The summed E-state index contributed by atoms with van der Waals surface area (Å²) < 4.78 is 5.41. The van der Waals surface area contributed by atoms with Gasteiger partial charge < -0.3 is 20.5 Å². The first-order valence-electron chi connectivity index (χ1n) is 6.93. The number of amides is 2. The van der Waals surface area contributed by atoms with Crippen LogP contribution in [-0.2, 0) is 6.54 Å². The van der Waals surface area contributed by atoms with Crippen LogP contribution in [0.3, 0.4) is 0 Å². The van der Waals surface area contributed by atoms with Crippen molar-refractivity contribution in [3.05, 3.63) is 29.8 Å². The summed E-state index contributed by atoms with van der Waals surface area (Å²) in [5.74, 6) is 0.830. The number of ether oxygens (including phenoxy) is 1. The molecule has 5 nitrogen and oxygen atoms in total. The van der Waals surface area contributed by atoms with Crippen LogP contribution < -0.4 is 15.4 Å². The number of rotatable bonds is 7. The smallest absolute Gasteiger partial charge is 0.315 e. The van der Waals surface area contributed by atoms with Crippen LogP contribution in [0.15, 0.2) is 24.3 Å². The van der Waals surface area contributed by atoms with Crippen molar-refractivity contribution < 1.29 is 14.6 Å². The lowest BCUT2D eigenvalue weighted by Gasteiger charge is -2.19. The zero-order valence-electron chi connectivity index (χ0n) is 12.3. The third-order valence-electron chi connectivity index (χ3n) is 3.16. The zero-order valence-corrected chi connectivity index (χ0v) is 12.3. The van der Waals surface area contributed by atoms with Crippen LogP contribution in [0, 0.1) is 5.92 Å². The van der Waals surface area contributed by atoms with Gasteiger partial charge in [0.25, 0.3) is 0 Å². The molecule has 1 aromatic rings. The topological polar surface area (TPSA) is 70.6 Å². The van der Waals surface area contributed by atoms with Gasteiger partial charge in [-0.1, -0.05) is 19.1 Å². The number of urea groups is 1. The SMILES string of the molecule is CCOc1cccc(CNC(=O)NC(C)C(C)CO)c1. The number of hydrogen-bond acceptors (Lipinski definition) is 3. The molecule has 20 heavy (non-hydrogen) atoms. The van der Waals surface area contributed by atoms with Crippen LogP contribution in [0.5, 0.6) is 5.75 Å². The van der Waals surface area contributed by atoms with Crippen molar-refractivity contribution in [1.29, 1.82) is 0 Å². The Balaban J connectivity index is 2.42. The fraction of sp³-hybridized carbons (Fsp3) is 0.533. The Morgan fingerprint density at radius 1 is 1.40 bits per heavy atom. The van der Waals surface area contributed by atoms with E-state index in [4.69, 9.17) is 9.84 Å². The van der Waals surface area contributed by atoms with Crippen molar-refractivity contribution in [2.45, 2.75) is 33.4 Å². The van der Waals surface area contributed by atoms with Crippen LogP contribution in [0.4, 0.5) is 4.79 Å². The second-order valence-corrected chi connectivity index (χ2v) is 4.86. The molecule has 2 amide bonds. The van der Waals surface area contributed by atoms with Gasteiger partial charge in [-0.3, -0.25) is 0 Å². The van der Waals surface area contributed by atoms with Crippen LogP contribution >= 0.6 is 0 Å². The molecule has 0 aliphatic heterocycles. The molecule has 0 bridgehead atoms. The van der Waals surface area contributed by atoms with Crippen molar-refractivity contribution in [1.82, 2.24) is 10.6 Å². The first kappa shape index (κ1) is 16.3. The van der Waals surface area contributed by atoms with Gasteiger partial charge in [0, 0.05) is 19.2 Å². The first-order valence-corrected chi connectivity index (χ1v) is 6.93. The van der Waals surface area contributed by atoms with Gasteiger partial charge in [0.2, 0.25) is 0 Å². The summed E-state index contributed by atoms with van der Waals surface area (Å²) in [5.41, 5.74) is 0.981. The van der Waals surface area contributed by atoms with Crippen molar-refractivity contribution in [2.75, 3.05) is 13.2 Å². The fourth-order valence-corrected chi connectivity index (χ4v) is 1.65. The second kappa shape index (κ2) is 8.43. The molecular formula is C15H24N2O3. The summed E-state index contributed by atoms with van der Waals surface area (Å²) in [7, 11) is 0. The lowest BCUT2D eigenvalue weighted by atomic mass is 10.1. The zero-order chi connectivity index (χ0) is 15.0. The van der Waals surface area contributed by atoms with Crippen molar-refractivity contribution in [2.24, 2.45) is 5.92 Å². The molecule has 2 atom stereocenters. The quantitative estimate of drug-likeness (QED) is 0.714. The summed E-state index contributed by atoms with van der Waals surface area (Å²) >= 11 is 0. The number of carbonyl (C=O) groups excluding carboxylic acids is 1. The highest BCUT2D eigenvalue weighted by Gasteiger charge is 2.13. The maximum absolute atomic E-state index is 11.7. The molecule has 0 spiro atoms. The largest absolute Gasteiger partial charge is 0.494 e. The lowest BCUT2D eigenvalue weighted by molar-refractivity contribution is 0.200. The minimum Gasteiger partial charge on any atom is -0.494 e. The average molecular weight is 280 g/mol. The van der Waals surface area contributed by atoms with Crippen LogP contribution in [-0.4, -0.2) is 30.4 Å². The third-order valence-corrected chi connectivity index (χ3v) is 3.16. The summed E-state index contributed by atoms with van der Waals surface area (Å²) in [6, 6.07) is 7.31. The maximum Gasteiger partial charge on any atom is 0.315 e. The van der Waals surface area contributed by atoms with E-state index in [0.29, 0.717) is 13.2 Å². The van der Waals surface area contributed by atoms with Crippen molar-refractivity contribution in [3.8, 4) is 5.75 Å². The van der Waals surface area contributed by atoms with E-state index in [-0.39, 0.29) is 24.6 Å². The Bertz CT molecular complexity index is 423. The van der Waals surface area contributed by atoms with E-state index < -0.39 is 0 Å². The first-order chi connectivity index (χ1) is 9.56. The predicted octanol–water partition coefficient (Wildman–Crippen LogP) is 1.90. The van der Waals surface area contributed by atoms with Crippen molar-refractivity contribution in [3.63, 3.8) is 0 Å². The number of carbonyl (C=O) groups is 1. The van der Waals surface area contributed by atoms with Gasteiger partial charge in [0.05, 0.1) is 6.61 Å². The Hall–Kier alpha value is -1.75. The van der Waals surface area contributed by atoms with E-state index in [1.54, 1.807) is 0 Å². The molecule has 0 radical (unpaired) electrons. The monoisotopic (exact) mass is 280 g/mol. The molecule has 0 aromatic heterocycles. The van der Waals surface area contributed by atoms with Gasteiger partial charge in [0.1, 0.15) is 5.75 Å². The van der Waals surface area contributed by atoms with Crippen molar-refractivity contribution >= 4 is 6.03 Å². The predicted molar refractivity (Wildman–Crippen MR) is 78.7 cm³/mol. The number of nitrogens with one attached hydrogen (secondary N) is 2. The highest BCUT2D eigenvalue weighted by Crippen LogP contribution is 2.12. The fourth-order valence-electron chi connectivity index (χ4n) is 1.65. The van der Waals surface area contributed by atoms with E-state index in [2.05, 4.69) is 10.6 Å². The maximum atomic E-state index is 11.7. The Morgan fingerprint density at radius 2 is 2.15 bits per heavy atom. The molecule has 112 valence electrons. The van der Waals surface area contributed by atoms with E-state index >= 15 is 0 Å². The minimum atomic E-state index is -0.236. The summed E-state index contributed by atoms with van der Waals surface area (Å²) in [4.78, 5) is 11.7. The minimum absolute atomic E-state index is 0.0297. The summed E-state index contributed by atoms with van der Waals surface area (Å²) in [6.45, 7) is 6.80. The van der Waals surface area contributed by atoms with Gasteiger partial charge in [-0.2, -0.15) is 0 Å². The number of aliphatic hydroxyl groups is 1. The van der Waals surface area contributed by atoms with Crippen LogP contribution in [0.25, 0.3) is 0 Å². The van der Waals surface area contributed by atoms with Gasteiger partial charge >= 0.3 is 6.03 Å². The van der Waals surface area contributed by atoms with E-state index in [9.17, 15) is 4.79 Å². The Morgan fingerprint density at radius 3 is 2.80 bits per heavy atom. The van der Waals surface area contributed by atoms with Gasteiger partial charge in [0.15, 0.2) is 0 Å². The number of hydrogen-bond donors (Lipinski definition) is 3. The van der Waals surface area contributed by atoms with Gasteiger partial charge in [-0.15, -0.1) is 0 Å². The standard InChI is InChI=1S/C15H24N2O3/c1-4-20-14-7-5-6-13(8-14)9-16-15(19)17-12(3)11(2)10-18/h5-8,11-12,18H,4,9-10H2,1-3H3,(H2,16,17,19). The molecule has 5 heteroatoms. The Labute approximate surface area is 120 Å². The third kappa shape index (κ3) is 5.48.